The maximum absolute atomic E-state index is 4.94. The average Bonchev–Trinajstić information content (AvgIpc) is 3.49. The van der Waals surface area contributed by atoms with Crippen molar-refractivity contribution in [3.05, 3.63) is 48.5 Å². The summed E-state index contributed by atoms with van der Waals surface area (Å²) < 4.78 is 14.8. The average molecular weight is 496 g/mol. The molecule has 4 heteroatoms. The third kappa shape index (κ3) is 11.8. The molecule has 0 amide bonds. The van der Waals surface area contributed by atoms with Gasteiger partial charge in [-0.1, -0.05) is 48.5 Å². The molecular weight excluding hydrogens is 464 g/mol. The number of hydrogen-bond donors (Lipinski definition) is 0. The fourth-order valence-corrected chi connectivity index (χ4v) is 2.66. The molecule has 3 nitrogen and oxygen atoms in total. The molecular formula is C22H32EuO3. The van der Waals surface area contributed by atoms with Gasteiger partial charge in [0.1, 0.15) is 0 Å². The number of fused-ring (bicyclic) bond motifs is 1. The van der Waals surface area contributed by atoms with Gasteiger partial charge in [0.15, 0.2) is 0 Å². The van der Waals surface area contributed by atoms with Crippen molar-refractivity contribution in [2.24, 2.45) is 0 Å². The van der Waals surface area contributed by atoms with Crippen molar-refractivity contribution in [3.63, 3.8) is 0 Å². The molecule has 145 valence electrons. The number of benzene rings is 2. The second-order valence-corrected chi connectivity index (χ2v) is 6.31. The number of rotatable bonds is 0. The summed E-state index contributed by atoms with van der Waals surface area (Å²) in [5, 5.41) is 2.62. The van der Waals surface area contributed by atoms with Crippen LogP contribution in [0.15, 0.2) is 48.5 Å². The van der Waals surface area contributed by atoms with Gasteiger partial charge in [-0.3, -0.25) is 0 Å². The van der Waals surface area contributed by atoms with E-state index >= 15 is 0 Å². The first-order chi connectivity index (χ1) is 12.5. The second-order valence-electron chi connectivity index (χ2n) is 6.31. The van der Waals surface area contributed by atoms with Crippen molar-refractivity contribution < 1.29 is 63.6 Å². The van der Waals surface area contributed by atoms with E-state index in [-0.39, 0.29) is 49.4 Å². The molecule has 0 saturated carbocycles. The van der Waals surface area contributed by atoms with Crippen molar-refractivity contribution in [2.45, 2.75) is 38.5 Å². The summed E-state index contributed by atoms with van der Waals surface area (Å²) in [6.45, 7) is 6.00. The molecule has 1 radical (unpaired) electrons. The van der Waals surface area contributed by atoms with Crippen molar-refractivity contribution in [1.82, 2.24) is 0 Å². The van der Waals surface area contributed by atoms with Gasteiger partial charge in [0.05, 0.1) is 0 Å². The molecule has 2 aromatic carbocycles. The number of ether oxygens (including phenoxy) is 3. The Hall–Kier alpha value is 0.164. The maximum Gasteiger partial charge on any atom is 0.0466 e. The van der Waals surface area contributed by atoms with Gasteiger partial charge in [-0.25, -0.2) is 0 Å². The summed E-state index contributed by atoms with van der Waals surface area (Å²) in [5.74, 6) is 0. The summed E-state index contributed by atoms with van der Waals surface area (Å²) in [7, 11) is 0. The van der Waals surface area contributed by atoms with Crippen LogP contribution in [0.5, 0.6) is 0 Å². The monoisotopic (exact) mass is 497 g/mol. The van der Waals surface area contributed by atoms with E-state index in [0.717, 1.165) is 39.6 Å². The van der Waals surface area contributed by atoms with Crippen LogP contribution in [0.2, 0.25) is 0 Å². The van der Waals surface area contributed by atoms with Gasteiger partial charge in [-0.05, 0) is 49.3 Å². The molecule has 3 heterocycles. The van der Waals surface area contributed by atoms with Crippen LogP contribution >= 0.6 is 0 Å². The van der Waals surface area contributed by atoms with Crippen LogP contribution in [-0.4, -0.2) is 39.6 Å². The Morgan fingerprint density at radius 3 is 0.808 bits per heavy atom. The predicted molar refractivity (Wildman–Crippen MR) is 104 cm³/mol. The zero-order valence-corrected chi connectivity index (χ0v) is 18.1. The molecule has 3 aliphatic heterocycles. The van der Waals surface area contributed by atoms with Crippen LogP contribution in [0.3, 0.4) is 0 Å². The summed E-state index contributed by atoms with van der Waals surface area (Å²) in [6.07, 6.45) is 7.67. The zero-order chi connectivity index (χ0) is 17.4. The molecule has 0 bridgehead atoms. The van der Waals surface area contributed by atoms with Gasteiger partial charge in [0.25, 0.3) is 0 Å². The third-order valence-electron chi connectivity index (χ3n) is 4.14. The van der Waals surface area contributed by atoms with Gasteiger partial charge >= 0.3 is 0 Å². The van der Waals surface area contributed by atoms with Crippen LogP contribution in [-0.2, 0) is 14.2 Å². The Balaban J connectivity index is 0.000000182. The van der Waals surface area contributed by atoms with Crippen LogP contribution in [0.25, 0.3) is 10.8 Å². The summed E-state index contributed by atoms with van der Waals surface area (Å²) in [5.41, 5.74) is 0. The van der Waals surface area contributed by atoms with Crippen molar-refractivity contribution >= 4 is 10.8 Å². The van der Waals surface area contributed by atoms with Crippen LogP contribution in [0.1, 0.15) is 38.5 Å². The molecule has 3 aliphatic rings. The van der Waals surface area contributed by atoms with Crippen molar-refractivity contribution in [3.8, 4) is 0 Å². The fourth-order valence-electron chi connectivity index (χ4n) is 2.66. The molecule has 5 rings (SSSR count). The summed E-state index contributed by atoms with van der Waals surface area (Å²) >= 11 is 0. The first-order valence-corrected chi connectivity index (χ1v) is 9.64. The third-order valence-corrected chi connectivity index (χ3v) is 4.14. The van der Waals surface area contributed by atoms with E-state index in [1.165, 1.54) is 49.3 Å². The van der Waals surface area contributed by atoms with Crippen LogP contribution < -0.4 is 0 Å². The topological polar surface area (TPSA) is 27.7 Å². The molecule has 0 unspecified atom stereocenters. The first-order valence-electron chi connectivity index (χ1n) is 9.64. The summed E-state index contributed by atoms with van der Waals surface area (Å²) in [6, 6.07) is 16.7. The molecule has 2 aromatic rings. The minimum absolute atomic E-state index is 0. The van der Waals surface area contributed by atoms with Gasteiger partial charge in [-0.15, -0.1) is 0 Å². The molecule has 3 fully saturated rings. The largest absolute Gasteiger partial charge is 0.381 e. The van der Waals surface area contributed by atoms with E-state index in [9.17, 15) is 0 Å². The molecule has 0 aliphatic carbocycles. The molecule has 0 spiro atoms. The minimum atomic E-state index is 0. The standard InChI is InChI=1S/C10H8.3C4H8O.Eu/c1-2-6-10-8-4-3-7-9(10)5-1;3*1-2-4-5-3-1;/h1-8H;3*1-4H2;. The molecule has 0 N–H and O–H groups in total. The van der Waals surface area contributed by atoms with E-state index in [2.05, 4.69) is 48.5 Å². The van der Waals surface area contributed by atoms with Crippen molar-refractivity contribution in [2.75, 3.05) is 39.6 Å². The second kappa shape index (κ2) is 17.3. The Labute approximate surface area is 199 Å². The van der Waals surface area contributed by atoms with E-state index in [4.69, 9.17) is 14.2 Å². The zero-order valence-electron chi connectivity index (χ0n) is 15.7. The molecule has 0 atom stereocenters. The number of hydrogen-bond acceptors (Lipinski definition) is 3. The van der Waals surface area contributed by atoms with E-state index in [1.54, 1.807) is 0 Å². The molecule has 0 aromatic heterocycles. The van der Waals surface area contributed by atoms with Crippen LogP contribution in [0.4, 0.5) is 0 Å². The van der Waals surface area contributed by atoms with Gasteiger partial charge < -0.3 is 14.2 Å². The van der Waals surface area contributed by atoms with Crippen molar-refractivity contribution in [1.29, 1.82) is 0 Å². The molecule has 3 saturated heterocycles. The first kappa shape index (κ1) is 24.2. The normalized spacial score (nSPS) is 17.7. The maximum atomic E-state index is 4.94. The van der Waals surface area contributed by atoms with Crippen LogP contribution in [0, 0.1) is 49.4 Å². The van der Waals surface area contributed by atoms with E-state index in [0.29, 0.717) is 0 Å². The summed E-state index contributed by atoms with van der Waals surface area (Å²) in [4.78, 5) is 0. The van der Waals surface area contributed by atoms with Gasteiger partial charge in [0.2, 0.25) is 0 Å². The Bertz CT molecular complexity index is 438. The van der Waals surface area contributed by atoms with Gasteiger partial charge in [-0.2, -0.15) is 0 Å². The Kier molecular flexibility index (Phi) is 16.1. The quantitative estimate of drug-likeness (QED) is 0.500. The Morgan fingerprint density at radius 1 is 0.423 bits per heavy atom. The fraction of sp³-hybridized carbons (Fsp3) is 0.545. The Morgan fingerprint density at radius 2 is 0.654 bits per heavy atom. The smallest absolute Gasteiger partial charge is 0.0466 e. The minimum Gasteiger partial charge on any atom is -0.381 e. The predicted octanol–water partition coefficient (Wildman–Crippen LogP) is 5.23. The SMILES string of the molecule is C1CCOC1.C1CCOC1.C1CCOC1.[Eu].c1ccc2ccccc2c1. The van der Waals surface area contributed by atoms with Gasteiger partial charge in [0, 0.05) is 89.0 Å². The molecule has 26 heavy (non-hydrogen) atoms. The van der Waals surface area contributed by atoms with E-state index < -0.39 is 0 Å². The van der Waals surface area contributed by atoms with E-state index in [1.807, 2.05) is 0 Å².